The van der Waals surface area contributed by atoms with Gasteiger partial charge in [0.25, 0.3) is 0 Å². The number of carbonyl (C=O) groups is 3. The Morgan fingerprint density at radius 1 is 1.00 bits per heavy atom. The van der Waals surface area contributed by atoms with Crippen LogP contribution in [-0.2, 0) is 18.7 Å². The summed E-state index contributed by atoms with van der Waals surface area (Å²) in [7, 11) is 0.203. The summed E-state index contributed by atoms with van der Waals surface area (Å²) >= 11 is 0. The highest BCUT2D eigenvalue weighted by Gasteiger charge is 2.69. The lowest BCUT2D eigenvalue weighted by molar-refractivity contribution is -0.203. The fraction of sp³-hybridized carbons (Fsp3) is 0.880. The molecule has 2 aliphatic heterocycles. The standard InChI is InChI=1S/C25H46N2O7Si/c1-21(2,3)16-14-27(20(31)33-23(7,8)9)25(34-35,24(16,10)11)17(28)15-12-13-26(18(15)29)19(30)32-22(4,5)6/h15-17,28H,12-14H2,1-11,35H3/t15?,16-,17?,25-/m1/s1. The molecule has 35 heavy (non-hydrogen) atoms. The van der Waals surface area contributed by atoms with Crippen LogP contribution in [0.3, 0.4) is 0 Å². The highest BCUT2D eigenvalue weighted by molar-refractivity contribution is 5.99. The van der Waals surface area contributed by atoms with Crippen LogP contribution in [0.25, 0.3) is 0 Å². The first kappa shape index (κ1) is 29.6. The third kappa shape index (κ3) is 5.54. The van der Waals surface area contributed by atoms with Gasteiger partial charge in [-0.25, -0.2) is 14.5 Å². The van der Waals surface area contributed by atoms with Gasteiger partial charge in [0.2, 0.25) is 5.91 Å². The first-order chi connectivity index (χ1) is 15.6. The monoisotopic (exact) mass is 514 g/mol. The maximum atomic E-state index is 13.5. The minimum absolute atomic E-state index is 0.0652. The molecular weight excluding hydrogens is 468 g/mol. The van der Waals surface area contributed by atoms with E-state index in [9.17, 15) is 19.5 Å². The second-order valence-electron chi connectivity index (χ2n) is 13.4. The number of nitrogens with zero attached hydrogens (tertiary/aromatic N) is 2. The highest BCUT2D eigenvalue weighted by atomic mass is 28.2. The van der Waals surface area contributed by atoms with E-state index in [1.807, 2.05) is 13.8 Å². The van der Waals surface area contributed by atoms with Gasteiger partial charge in [0.05, 0.1) is 5.92 Å². The van der Waals surface area contributed by atoms with Crippen LogP contribution in [0.5, 0.6) is 0 Å². The molecule has 2 unspecified atom stereocenters. The molecule has 2 aliphatic rings. The third-order valence-corrected chi connectivity index (χ3v) is 7.80. The Morgan fingerprint density at radius 2 is 1.49 bits per heavy atom. The third-order valence-electron chi connectivity index (χ3n) is 7.17. The van der Waals surface area contributed by atoms with Gasteiger partial charge in [-0.1, -0.05) is 34.6 Å². The quantitative estimate of drug-likeness (QED) is 0.577. The van der Waals surface area contributed by atoms with Gasteiger partial charge in [0.15, 0.2) is 5.72 Å². The molecule has 3 amide bonds. The summed E-state index contributed by atoms with van der Waals surface area (Å²) in [6.45, 7) is 21.2. The zero-order valence-electron chi connectivity index (χ0n) is 23.6. The number of hydrogen-bond donors (Lipinski definition) is 1. The van der Waals surface area contributed by atoms with E-state index in [4.69, 9.17) is 13.9 Å². The molecule has 2 saturated heterocycles. The minimum Gasteiger partial charge on any atom is -0.444 e. The molecule has 1 N–H and O–H groups in total. The normalized spacial score (nSPS) is 28.4. The molecule has 0 radical (unpaired) electrons. The zero-order chi connectivity index (χ0) is 27.4. The zero-order valence-corrected chi connectivity index (χ0v) is 25.6. The first-order valence-electron chi connectivity index (χ1n) is 12.4. The molecule has 4 atom stereocenters. The smallest absolute Gasteiger partial charge is 0.417 e. The molecule has 10 heteroatoms. The average Bonchev–Trinajstić information content (AvgIpc) is 3.12. The van der Waals surface area contributed by atoms with E-state index in [1.165, 1.54) is 4.90 Å². The summed E-state index contributed by atoms with van der Waals surface area (Å²) in [6, 6.07) is 0. The Labute approximate surface area is 213 Å². The van der Waals surface area contributed by atoms with Crippen molar-refractivity contribution in [3.63, 3.8) is 0 Å². The number of imide groups is 1. The summed E-state index contributed by atoms with van der Waals surface area (Å²) < 4.78 is 17.3. The number of rotatable bonds is 3. The predicted octanol–water partition coefficient (Wildman–Crippen LogP) is 3.06. The molecule has 2 heterocycles. The highest BCUT2D eigenvalue weighted by Crippen LogP contribution is 2.58. The van der Waals surface area contributed by atoms with Crippen molar-refractivity contribution in [2.45, 2.75) is 106 Å². The molecule has 202 valence electrons. The summed E-state index contributed by atoms with van der Waals surface area (Å²) in [5.41, 5.74) is -3.96. The average molecular weight is 515 g/mol. The van der Waals surface area contributed by atoms with Gasteiger partial charge in [-0.05, 0) is 59.3 Å². The Hall–Kier alpha value is -1.65. The van der Waals surface area contributed by atoms with Gasteiger partial charge < -0.3 is 19.0 Å². The van der Waals surface area contributed by atoms with Crippen molar-refractivity contribution in [3.05, 3.63) is 0 Å². The van der Waals surface area contributed by atoms with E-state index in [2.05, 4.69) is 20.8 Å². The van der Waals surface area contributed by atoms with Gasteiger partial charge >= 0.3 is 12.2 Å². The van der Waals surface area contributed by atoms with Crippen LogP contribution in [0.1, 0.15) is 82.6 Å². The van der Waals surface area contributed by atoms with E-state index < -0.39 is 52.5 Å². The summed E-state index contributed by atoms with van der Waals surface area (Å²) in [5, 5.41) is 11.9. The Morgan fingerprint density at radius 3 is 1.91 bits per heavy atom. The Kier molecular flexibility index (Phi) is 7.89. The molecule has 0 aliphatic carbocycles. The lowest BCUT2D eigenvalue weighted by Crippen LogP contribution is -2.66. The number of hydrogen-bond acceptors (Lipinski definition) is 7. The largest absolute Gasteiger partial charge is 0.444 e. The van der Waals surface area contributed by atoms with Crippen molar-refractivity contribution in [2.24, 2.45) is 22.7 Å². The molecule has 0 spiro atoms. The van der Waals surface area contributed by atoms with Crippen LogP contribution >= 0.6 is 0 Å². The molecule has 0 aromatic heterocycles. The van der Waals surface area contributed by atoms with Gasteiger partial charge in [0.1, 0.15) is 27.8 Å². The van der Waals surface area contributed by atoms with Crippen LogP contribution < -0.4 is 0 Å². The van der Waals surface area contributed by atoms with Crippen LogP contribution in [0, 0.1) is 22.7 Å². The predicted molar refractivity (Wildman–Crippen MR) is 135 cm³/mol. The number of carbonyl (C=O) groups excluding carboxylic acids is 3. The summed E-state index contributed by atoms with van der Waals surface area (Å²) in [5.74, 6) is -1.52. The van der Waals surface area contributed by atoms with E-state index >= 15 is 0 Å². The molecule has 2 rings (SSSR count). The second-order valence-corrected chi connectivity index (χ2v) is 13.9. The number of aliphatic hydroxyl groups excluding tert-OH is 1. The van der Waals surface area contributed by atoms with E-state index in [0.29, 0.717) is 6.54 Å². The van der Waals surface area contributed by atoms with Gasteiger partial charge in [-0.3, -0.25) is 9.69 Å². The summed E-state index contributed by atoms with van der Waals surface area (Å²) in [4.78, 5) is 42.0. The van der Waals surface area contributed by atoms with Gasteiger partial charge in [0, 0.05) is 18.5 Å². The Balaban J connectivity index is 2.53. The van der Waals surface area contributed by atoms with Crippen molar-refractivity contribution in [1.29, 1.82) is 0 Å². The van der Waals surface area contributed by atoms with Crippen molar-refractivity contribution in [3.8, 4) is 0 Å². The van der Waals surface area contributed by atoms with Crippen molar-refractivity contribution in [1.82, 2.24) is 9.80 Å². The number of aliphatic hydroxyl groups is 1. The maximum Gasteiger partial charge on any atom is 0.417 e. The fourth-order valence-corrected chi connectivity index (χ4v) is 6.82. The fourth-order valence-electron chi connectivity index (χ4n) is 5.83. The summed E-state index contributed by atoms with van der Waals surface area (Å²) in [6.07, 6.45) is -2.46. The van der Waals surface area contributed by atoms with E-state index in [1.54, 1.807) is 41.5 Å². The van der Waals surface area contributed by atoms with Crippen molar-refractivity contribution in [2.75, 3.05) is 13.1 Å². The lowest BCUT2D eigenvalue weighted by atomic mass is 9.62. The van der Waals surface area contributed by atoms with Crippen LogP contribution in [0.4, 0.5) is 9.59 Å². The van der Waals surface area contributed by atoms with E-state index in [0.717, 1.165) is 4.90 Å². The second kappa shape index (κ2) is 9.34. The lowest BCUT2D eigenvalue weighted by Gasteiger charge is -2.51. The molecule has 0 aromatic carbocycles. The molecule has 0 aromatic rings. The molecule has 2 fully saturated rings. The molecule has 0 saturated carbocycles. The van der Waals surface area contributed by atoms with Crippen LogP contribution in [0.15, 0.2) is 0 Å². The van der Waals surface area contributed by atoms with Gasteiger partial charge in [-0.2, -0.15) is 0 Å². The maximum absolute atomic E-state index is 13.5. The minimum atomic E-state index is -1.50. The van der Waals surface area contributed by atoms with Crippen molar-refractivity contribution >= 4 is 28.6 Å². The van der Waals surface area contributed by atoms with Crippen LogP contribution in [-0.4, -0.2) is 79.6 Å². The first-order valence-corrected chi connectivity index (χ1v) is 13.2. The van der Waals surface area contributed by atoms with Crippen LogP contribution in [0.2, 0.25) is 0 Å². The topological polar surface area (TPSA) is 106 Å². The van der Waals surface area contributed by atoms with Gasteiger partial charge in [-0.15, -0.1) is 0 Å². The number of amides is 3. The number of ether oxygens (including phenoxy) is 2. The SMILES string of the molecule is CC(C)(C)OC(=O)N1CCC(C(O)[C@]2(O[SiH3])N(C(=O)OC(C)(C)C)C[C@H](C(C)(C)C)C2(C)C)C1=O. The molecule has 9 nitrogen and oxygen atoms in total. The van der Waals surface area contributed by atoms with E-state index in [-0.39, 0.29) is 34.8 Å². The van der Waals surface area contributed by atoms with Crippen molar-refractivity contribution < 1.29 is 33.4 Å². The molecule has 0 bridgehead atoms. The Bertz CT molecular complexity index is 840. The number of likely N-dealkylation sites (tertiary alicyclic amines) is 2. The molecular formula is C25H46N2O7Si.